The first-order valence-electron chi connectivity index (χ1n) is 10.5. The van der Waals surface area contributed by atoms with Gasteiger partial charge in [0, 0.05) is 12.1 Å². The van der Waals surface area contributed by atoms with Crippen molar-refractivity contribution in [1.29, 1.82) is 0 Å². The second kappa shape index (κ2) is 9.62. The Labute approximate surface area is 179 Å². The summed E-state index contributed by atoms with van der Waals surface area (Å²) in [5.74, 6) is -0.250. The molecule has 1 fully saturated rings. The van der Waals surface area contributed by atoms with Crippen LogP contribution in [0.15, 0.2) is 41.3 Å². The number of sulfonamides is 1. The summed E-state index contributed by atoms with van der Waals surface area (Å²) >= 11 is 0. The minimum Gasteiger partial charge on any atom is -0.352 e. The molecule has 3 rings (SSSR count). The third-order valence-corrected chi connectivity index (χ3v) is 7.23. The van der Waals surface area contributed by atoms with Crippen LogP contribution in [0.3, 0.4) is 0 Å². The molecule has 1 aliphatic rings. The van der Waals surface area contributed by atoms with E-state index in [1.54, 1.807) is 25.1 Å². The second-order valence-electron chi connectivity index (χ2n) is 7.99. The number of rotatable bonds is 8. The fraction of sp³-hybridized carbons (Fsp3) is 0.435. The van der Waals surface area contributed by atoms with Crippen molar-refractivity contribution < 1.29 is 13.2 Å². The molecule has 1 heterocycles. The van der Waals surface area contributed by atoms with Crippen molar-refractivity contribution in [3.8, 4) is 0 Å². The summed E-state index contributed by atoms with van der Waals surface area (Å²) in [6.07, 6.45) is 3.39. The molecule has 0 aromatic heterocycles. The number of nitrogens with one attached hydrogen (secondary N) is 2. The van der Waals surface area contributed by atoms with Crippen LogP contribution < -0.4 is 10.0 Å². The maximum atomic E-state index is 13.0. The molecule has 0 unspecified atom stereocenters. The summed E-state index contributed by atoms with van der Waals surface area (Å²) < 4.78 is 28.7. The highest BCUT2D eigenvalue weighted by Crippen LogP contribution is 2.24. The van der Waals surface area contributed by atoms with Crippen molar-refractivity contribution in [2.75, 3.05) is 30.9 Å². The first kappa shape index (κ1) is 22.3. The molecule has 7 heteroatoms. The van der Waals surface area contributed by atoms with E-state index in [0.717, 1.165) is 37.2 Å². The Hall–Kier alpha value is -2.38. The lowest BCUT2D eigenvalue weighted by atomic mass is 10.1. The largest absolute Gasteiger partial charge is 0.352 e. The number of likely N-dealkylation sites (tertiary alicyclic amines) is 1. The third-order valence-electron chi connectivity index (χ3n) is 5.72. The average molecular weight is 430 g/mol. The maximum absolute atomic E-state index is 13.0. The highest BCUT2D eigenvalue weighted by molar-refractivity contribution is 7.92. The molecule has 2 aromatic carbocycles. The van der Waals surface area contributed by atoms with Gasteiger partial charge >= 0.3 is 0 Å². The minimum atomic E-state index is -3.81. The van der Waals surface area contributed by atoms with E-state index in [1.807, 2.05) is 26.0 Å². The van der Waals surface area contributed by atoms with Crippen LogP contribution in [0.25, 0.3) is 0 Å². The molecule has 0 spiro atoms. The molecule has 0 aliphatic carbocycles. The van der Waals surface area contributed by atoms with Crippen LogP contribution in [0.2, 0.25) is 0 Å². The van der Waals surface area contributed by atoms with Gasteiger partial charge in [-0.2, -0.15) is 0 Å². The van der Waals surface area contributed by atoms with Crippen molar-refractivity contribution in [2.24, 2.45) is 0 Å². The molecule has 2 aromatic rings. The van der Waals surface area contributed by atoms with Crippen molar-refractivity contribution in [3.05, 3.63) is 58.7 Å². The van der Waals surface area contributed by atoms with Crippen LogP contribution >= 0.6 is 0 Å². The molecule has 162 valence electrons. The monoisotopic (exact) mass is 429 g/mol. The van der Waals surface area contributed by atoms with Gasteiger partial charge in [-0.3, -0.25) is 9.52 Å². The Morgan fingerprint density at radius 3 is 2.50 bits per heavy atom. The van der Waals surface area contributed by atoms with Crippen molar-refractivity contribution in [1.82, 2.24) is 10.2 Å². The maximum Gasteiger partial charge on any atom is 0.262 e. The molecular formula is C23H31N3O3S. The van der Waals surface area contributed by atoms with E-state index in [0.29, 0.717) is 23.4 Å². The van der Waals surface area contributed by atoms with Gasteiger partial charge < -0.3 is 10.2 Å². The van der Waals surface area contributed by atoms with E-state index >= 15 is 0 Å². The number of aryl methyl sites for hydroxylation is 2. The zero-order valence-corrected chi connectivity index (χ0v) is 18.8. The first-order valence-corrected chi connectivity index (χ1v) is 12.0. The zero-order valence-electron chi connectivity index (χ0n) is 18.0. The van der Waals surface area contributed by atoms with Crippen LogP contribution in [0.4, 0.5) is 5.69 Å². The van der Waals surface area contributed by atoms with Gasteiger partial charge in [-0.05, 0) is 94.6 Å². The molecular weight excluding hydrogens is 398 g/mol. The third kappa shape index (κ3) is 5.40. The number of carbonyl (C=O) groups excluding carboxylic acids is 1. The quantitative estimate of drug-likeness (QED) is 0.628. The first-order chi connectivity index (χ1) is 14.3. The Kier molecular flexibility index (Phi) is 7.15. The van der Waals surface area contributed by atoms with Crippen molar-refractivity contribution in [2.45, 2.75) is 44.9 Å². The molecule has 6 nitrogen and oxygen atoms in total. The molecule has 2 N–H and O–H groups in total. The minimum absolute atomic E-state index is 0.119. The molecule has 0 bridgehead atoms. The summed E-state index contributed by atoms with van der Waals surface area (Å²) in [7, 11) is -3.81. The molecule has 0 atom stereocenters. The van der Waals surface area contributed by atoms with Gasteiger partial charge in [0.2, 0.25) is 0 Å². The number of hydrogen-bond donors (Lipinski definition) is 2. The predicted octanol–water partition coefficient (Wildman–Crippen LogP) is 3.63. The Morgan fingerprint density at radius 2 is 1.77 bits per heavy atom. The number of carbonyl (C=O) groups is 1. The fourth-order valence-electron chi connectivity index (χ4n) is 3.71. The Bertz CT molecular complexity index is 1010. The summed E-state index contributed by atoms with van der Waals surface area (Å²) in [6, 6.07) is 10.3. The number of anilines is 1. The number of hydrogen-bond acceptors (Lipinski definition) is 4. The van der Waals surface area contributed by atoms with E-state index in [9.17, 15) is 13.2 Å². The van der Waals surface area contributed by atoms with Gasteiger partial charge in [-0.15, -0.1) is 0 Å². The molecule has 30 heavy (non-hydrogen) atoms. The molecule has 0 saturated carbocycles. The summed E-state index contributed by atoms with van der Waals surface area (Å²) in [5, 5.41) is 2.91. The van der Waals surface area contributed by atoms with Crippen LogP contribution in [0, 0.1) is 20.8 Å². The van der Waals surface area contributed by atoms with Crippen molar-refractivity contribution in [3.63, 3.8) is 0 Å². The van der Waals surface area contributed by atoms with Crippen molar-refractivity contribution >= 4 is 21.6 Å². The predicted molar refractivity (Wildman–Crippen MR) is 121 cm³/mol. The van der Waals surface area contributed by atoms with Crippen LogP contribution in [0.1, 0.15) is 46.3 Å². The van der Waals surface area contributed by atoms with Gasteiger partial charge in [0.25, 0.3) is 15.9 Å². The summed E-state index contributed by atoms with van der Waals surface area (Å²) in [6.45, 7) is 9.38. The average Bonchev–Trinajstić information content (AvgIpc) is 3.22. The van der Waals surface area contributed by atoms with Crippen LogP contribution in [0.5, 0.6) is 0 Å². The summed E-state index contributed by atoms with van der Waals surface area (Å²) in [5.41, 5.74) is 3.38. The van der Waals surface area contributed by atoms with E-state index in [1.165, 1.54) is 18.9 Å². The standard InChI is InChI=1S/C23H31N3O3S/c1-17-8-6-9-21(19(17)3)25-30(28,29)22-16-20(11-10-18(22)2)23(27)24-12-7-15-26-13-4-5-14-26/h6,8-11,16,25H,4-5,7,12-15H2,1-3H3,(H,24,27). The topological polar surface area (TPSA) is 78.5 Å². The Morgan fingerprint density at radius 1 is 1.03 bits per heavy atom. The molecule has 1 amide bonds. The highest BCUT2D eigenvalue weighted by Gasteiger charge is 2.20. The Balaban J connectivity index is 1.68. The molecule has 1 saturated heterocycles. The van der Waals surface area contributed by atoms with E-state index < -0.39 is 10.0 Å². The lowest BCUT2D eigenvalue weighted by Crippen LogP contribution is -2.29. The lowest BCUT2D eigenvalue weighted by Gasteiger charge is -2.15. The second-order valence-corrected chi connectivity index (χ2v) is 9.64. The normalized spacial score (nSPS) is 14.6. The van der Waals surface area contributed by atoms with Gasteiger partial charge in [-0.1, -0.05) is 18.2 Å². The fourth-order valence-corrected chi connectivity index (χ4v) is 5.10. The number of nitrogens with zero attached hydrogens (tertiary/aromatic N) is 1. The molecule has 1 aliphatic heterocycles. The van der Waals surface area contributed by atoms with E-state index in [-0.39, 0.29) is 10.8 Å². The van der Waals surface area contributed by atoms with Gasteiger partial charge in [0.1, 0.15) is 0 Å². The van der Waals surface area contributed by atoms with Gasteiger partial charge in [-0.25, -0.2) is 8.42 Å². The zero-order chi connectivity index (χ0) is 21.7. The lowest BCUT2D eigenvalue weighted by molar-refractivity contribution is 0.0952. The highest BCUT2D eigenvalue weighted by atomic mass is 32.2. The smallest absolute Gasteiger partial charge is 0.262 e. The van der Waals surface area contributed by atoms with E-state index in [2.05, 4.69) is 14.9 Å². The van der Waals surface area contributed by atoms with E-state index in [4.69, 9.17) is 0 Å². The summed E-state index contributed by atoms with van der Waals surface area (Å²) in [4.78, 5) is 15.1. The van der Waals surface area contributed by atoms with Gasteiger partial charge in [0.05, 0.1) is 10.6 Å². The van der Waals surface area contributed by atoms with Crippen LogP contribution in [-0.2, 0) is 10.0 Å². The van der Waals surface area contributed by atoms with Gasteiger partial charge in [0.15, 0.2) is 0 Å². The SMILES string of the molecule is Cc1ccc(C(=O)NCCCN2CCCC2)cc1S(=O)(=O)Nc1cccc(C)c1C. The van der Waals surface area contributed by atoms with Crippen LogP contribution in [-0.4, -0.2) is 45.4 Å². The molecule has 0 radical (unpaired) electrons. The number of benzene rings is 2. The number of amides is 1.